The molecule has 0 bridgehead atoms. The van der Waals surface area contributed by atoms with E-state index in [1.165, 1.54) is 24.3 Å². The van der Waals surface area contributed by atoms with Crippen molar-refractivity contribution in [2.24, 2.45) is 0 Å². The molecule has 6 nitrogen and oxygen atoms in total. The maximum Gasteiger partial charge on any atom is 0.437 e. The zero-order valence-corrected chi connectivity index (χ0v) is 12.9. The van der Waals surface area contributed by atoms with Crippen LogP contribution in [0.1, 0.15) is 26.2 Å². The average molecular weight is 319 g/mol. The summed E-state index contributed by atoms with van der Waals surface area (Å²) in [6.07, 6.45) is 3.06. The van der Waals surface area contributed by atoms with Gasteiger partial charge in [-0.05, 0) is 50.5 Å². The first kappa shape index (κ1) is 15.5. The van der Waals surface area contributed by atoms with Crippen molar-refractivity contribution < 1.29 is 13.6 Å². The molecule has 1 unspecified atom stereocenters. The van der Waals surface area contributed by atoms with E-state index >= 15 is 0 Å². The summed E-state index contributed by atoms with van der Waals surface area (Å²) in [5, 5.41) is 4.04. The number of aromatic nitrogens is 2. The maximum absolute atomic E-state index is 12.9. The van der Waals surface area contributed by atoms with Crippen molar-refractivity contribution in [3.63, 3.8) is 0 Å². The van der Waals surface area contributed by atoms with Gasteiger partial charge in [0.1, 0.15) is 12.4 Å². The minimum Gasteiger partial charge on any atom is -0.388 e. The highest BCUT2D eigenvalue weighted by Crippen LogP contribution is 2.18. The van der Waals surface area contributed by atoms with Gasteiger partial charge in [-0.15, -0.1) is 5.10 Å². The lowest BCUT2D eigenvalue weighted by Gasteiger charge is -2.33. The van der Waals surface area contributed by atoms with Crippen molar-refractivity contribution in [1.82, 2.24) is 14.7 Å². The molecular formula is C16H18FN3O3. The molecule has 0 aliphatic carbocycles. The summed E-state index contributed by atoms with van der Waals surface area (Å²) < 4.78 is 19.0. The molecule has 2 aromatic rings. The number of piperidine rings is 1. The van der Waals surface area contributed by atoms with Gasteiger partial charge in [0.25, 0.3) is 0 Å². The van der Waals surface area contributed by atoms with E-state index < -0.39 is 5.76 Å². The second-order valence-corrected chi connectivity index (χ2v) is 5.77. The van der Waals surface area contributed by atoms with E-state index in [-0.39, 0.29) is 30.2 Å². The Hall–Kier alpha value is -2.44. The predicted octanol–water partition coefficient (Wildman–Crippen LogP) is 2.04. The number of carbonyl (C=O) groups excluding carboxylic acids is 1. The number of rotatable bonds is 3. The first-order valence-electron chi connectivity index (χ1n) is 7.68. The molecule has 0 radical (unpaired) electrons. The van der Waals surface area contributed by atoms with Gasteiger partial charge in [-0.25, -0.2) is 9.18 Å². The van der Waals surface area contributed by atoms with Crippen LogP contribution >= 0.6 is 0 Å². The number of hydrogen-bond acceptors (Lipinski definition) is 4. The molecule has 1 saturated heterocycles. The zero-order valence-electron chi connectivity index (χ0n) is 12.9. The lowest BCUT2D eigenvalue weighted by Crippen LogP contribution is -2.44. The van der Waals surface area contributed by atoms with Crippen LogP contribution < -0.4 is 5.76 Å². The van der Waals surface area contributed by atoms with E-state index in [1.54, 1.807) is 4.90 Å². The van der Waals surface area contributed by atoms with Crippen LogP contribution in [0.15, 0.2) is 33.5 Å². The van der Waals surface area contributed by atoms with Gasteiger partial charge in [0.2, 0.25) is 11.8 Å². The summed E-state index contributed by atoms with van der Waals surface area (Å²) in [6, 6.07) is 5.64. The van der Waals surface area contributed by atoms with Crippen LogP contribution in [0, 0.1) is 5.82 Å². The zero-order chi connectivity index (χ0) is 16.4. The maximum atomic E-state index is 12.9. The molecule has 7 heteroatoms. The van der Waals surface area contributed by atoms with Gasteiger partial charge in [0.15, 0.2) is 0 Å². The Bertz CT molecular complexity index is 751. The Morgan fingerprint density at radius 1 is 1.35 bits per heavy atom. The third-order valence-corrected chi connectivity index (χ3v) is 4.11. The first-order chi connectivity index (χ1) is 11.0. The van der Waals surface area contributed by atoms with Crippen LogP contribution in [-0.2, 0) is 11.3 Å². The van der Waals surface area contributed by atoms with Gasteiger partial charge in [0, 0.05) is 18.2 Å². The molecule has 1 aliphatic heterocycles. The van der Waals surface area contributed by atoms with Crippen molar-refractivity contribution in [3.05, 3.63) is 40.6 Å². The SMILES string of the molecule is CC1CCCCN1C(=O)Cn1nc(-c2ccc(F)cc2)oc1=O. The van der Waals surface area contributed by atoms with Gasteiger partial charge < -0.3 is 9.32 Å². The third kappa shape index (κ3) is 3.33. The molecule has 2 heterocycles. The minimum atomic E-state index is -0.692. The van der Waals surface area contributed by atoms with Crippen LogP contribution in [-0.4, -0.2) is 33.2 Å². The highest BCUT2D eigenvalue weighted by atomic mass is 19.1. The predicted molar refractivity (Wildman–Crippen MR) is 81.2 cm³/mol. The van der Waals surface area contributed by atoms with Gasteiger partial charge in [-0.2, -0.15) is 4.68 Å². The Balaban J connectivity index is 1.77. The van der Waals surface area contributed by atoms with E-state index in [4.69, 9.17) is 4.42 Å². The molecular weight excluding hydrogens is 301 g/mol. The smallest absolute Gasteiger partial charge is 0.388 e. The van der Waals surface area contributed by atoms with Crippen LogP contribution in [0.25, 0.3) is 11.5 Å². The number of hydrogen-bond donors (Lipinski definition) is 0. The fourth-order valence-corrected chi connectivity index (χ4v) is 2.80. The van der Waals surface area contributed by atoms with Crippen molar-refractivity contribution in [1.29, 1.82) is 0 Å². The lowest BCUT2D eigenvalue weighted by molar-refractivity contribution is -0.135. The molecule has 1 aromatic carbocycles. The average Bonchev–Trinajstić information content (AvgIpc) is 2.89. The van der Waals surface area contributed by atoms with Crippen LogP contribution in [0.4, 0.5) is 4.39 Å². The van der Waals surface area contributed by atoms with E-state index in [1.807, 2.05) is 6.92 Å². The Kier molecular flexibility index (Phi) is 4.27. The first-order valence-corrected chi connectivity index (χ1v) is 7.68. The molecule has 1 atom stereocenters. The second-order valence-electron chi connectivity index (χ2n) is 5.77. The topological polar surface area (TPSA) is 68.3 Å². The second kappa shape index (κ2) is 6.36. The summed E-state index contributed by atoms with van der Waals surface area (Å²) in [7, 11) is 0. The summed E-state index contributed by atoms with van der Waals surface area (Å²) in [6.45, 7) is 2.57. The molecule has 1 amide bonds. The fourth-order valence-electron chi connectivity index (χ4n) is 2.80. The van der Waals surface area contributed by atoms with Crippen LogP contribution in [0.5, 0.6) is 0 Å². The van der Waals surface area contributed by atoms with Gasteiger partial charge in [-0.1, -0.05) is 0 Å². The number of likely N-dealkylation sites (tertiary alicyclic amines) is 1. The Morgan fingerprint density at radius 2 is 2.09 bits per heavy atom. The largest absolute Gasteiger partial charge is 0.437 e. The molecule has 0 spiro atoms. The highest BCUT2D eigenvalue weighted by molar-refractivity contribution is 5.76. The molecule has 3 rings (SSSR count). The van der Waals surface area contributed by atoms with E-state index in [9.17, 15) is 14.0 Å². The molecule has 0 saturated carbocycles. The lowest BCUT2D eigenvalue weighted by atomic mass is 10.0. The third-order valence-electron chi connectivity index (χ3n) is 4.11. The van der Waals surface area contributed by atoms with Crippen LogP contribution in [0.2, 0.25) is 0 Å². The molecule has 23 heavy (non-hydrogen) atoms. The van der Waals surface area contributed by atoms with Crippen molar-refractivity contribution in [2.75, 3.05) is 6.54 Å². The van der Waals surface area contributed by atoms with E-state index in [2.05, 4.69) is 5.10 Å². The number of benzene rings is 1. The Morgan fingerprint density at radius 3 is 2.78 bits per heavy atom. The summed E-state index contributed by atoms with van der Waals surface area (Å²) in [4.78, 5) is 26.0. The van der Waals surface area contributed by atoms with E-state index in [0.717, 1.165) is 23.9 Å². The van der Waals surface area contributed by atoms with E-state index in [0.29, 0.717) is 12.1 Å². The standard InChI is InChI=1S/C16H18FN3O3/c1-11-4-2-3-9-19(11)14(21)10-20-16(22)23-15(18-20)12-5-7-13(17)8-6-12/h5-8,11H,2-4,9-10H2,1H3. The van der Waals surface area contributed by atoms with Gasteiger partial charge in [-0.3, -0.25) is 4.79 Å². The normalized spacial score (nSPS) is 18.2. The number of amides is 1. The number of halogens is 1. The molecule has 122 valence electrons. The Labute approximate surface area is 132 Å². The number of carbonyl (C=O) groups is 1. The van der Waals surface area contributed by atoms with Gasteiger partial charge >= 0.3 is 5.76 Å². The van der Waals surface area contributed by atoms with Crippen molar-refractivity contribution in [3.8, 4) is 11.5 Å². The molecule has 1 aromatic heterocycles. The monoisotopic (exact) mass is 319 g/mol. The summed E-state index contributed by atoms with van der Waals surface area (Å²) in [5.41, 5.74) is 0.487. The van der Waals surface area contributed by atoms with Crippen molar-refractivity contribution >= 4 is 5.91 Å². The molecule has 1 aliphatic rings. The summed E-state index contributed by atoms with van der Waals surface area (Å²) >= 11 is 0. The summed E-state index contributed by atoms with van der Waals surface area (Å²) in [5.74, 6) is -1.14. The quantitative estimate of drug-likeness (QED) is 0.868. The molecule has 0 N–H and O–H groups in total. The number of nitrogens with zero attached hydrogens (tertiary/aromatic N) is 3. The van der Waals surface area contributed by atoms with Crippen LogP contribution in [0.3, 0.4) is 0 Å². The minimum absolute atomic E-state index is 0.0782. The fraction of sp³-hybridized carbons (Fsp3) is 0.438. The highest BCUT2D eigenvalue weighted by Gasteiger charge is 2.24. The molecule has 1 fully saturated rings. The van der Waals surface area contributed by atoms with Crippen molar-refractivity contribution in [2.45, 2.75) is 38.8 Å². The van der Waals surface area contributed by atoms with Gasteiger partial charge in [0.05, 0.1) is 0 Å².